The van der Waals surface area contributed by atoms with Crippen molar-refractivity contribution in [2.45, 2.75) is 57.2 Å². The first-order valence-corrected chi connectivity index (χ1v) is 10.6. The van der Waals surface area contributed by atoms with Gasteiger partial charge in [-0.15, -0.1) is 0 Å². The molecule has 0 unspecified atom stereocenters. The minimum Gasteiger partial charge on any atom is -0.490 e. The molecular weight excluding hydrogens is 348 g/mol. The minimum atomic E-state index is 0.286. The molecule has 5 nitrogen and oxygen atoms in total. The number of hydrogen-bond donors (Lipinski definition) is 0. The predicted molar refractivity (Wildman–Crippen MR) is 110 cm³/mol. The molecule has 0 spiro atoms. The molecule has 3 heterocycles. The topological polar surface area (TPSA) is 43.2 Å². The zero-order chi connectivity index (χ0) is 18.8. The Morgan fingerprint density at radius 2 is 1.71 bits per heavy atom. The van der Waals surface area contributed by atoms with Crippen molar-refractivity contribution in [1.29, 1.82) is 0 Å². The van der Waals surface area contributed by atoms with E-state index in [0.29, 0.717) is 6.04 Å². The molecule has 146 valence electrons. The van der Waals surface area contributed by atoms with Crippen LogP contribution in [-0.2, 0) is 6.54 Å². The van der Waals surface area contributed by atoms with Crippen molar-refractivity contribution in [3.63, 3.8) is 0 Å². The van der Waals surface area contributed by atoms with Crippen LogP contribution in [0.4, 0.5) is 0 Å². The maximum absolute atomic E-state index is 6.47. The molecule has 1 saturated heterocycles. The summed E-state index contributed by atoms with van der Waals surface area (Å²) < 4.78 is 8.94. The van der Waals surface area contributed by atoms with Crippen molar-refractivity contribution in [1.82, 2.24) is 19.4 Å². The standard InChI is InChI=1S/C23H28N4O/c1-2-6-18(5-1)27-16-11-20-21(27)7-3-8-22(20)28-19-9-14-26(15-10-19)17-23-24-12-4-13-25-23/h3-4,7-8,11-13,16,18-19H,1-2,5-6,9-10,14-15,17H2. The molecule has 0 N–H and O–H groups in total. The Kier molecular flexibility index (Phi) is 5.00. The van der Waals surface area contributed by atoms with Crippen LogP contribution in [0.25, 0.3) is 10.9 Å². The Balaban J connectivity index is 1.24. The zero-order valence-corrected chi connectivity index (χ0v) is 16.3. The second-order valence-corrected chi connectivity index (χ2v) is 8.11. The van der Waals surface area contributed by atoms with Crippen LogP contribution in [0.15, 0.2) is 48.9 Å². The minimum absolute atomic E-state index is 0.286. The highest BCUT2D eigenvalue weighted by atomic mass is 16.5. The first-order valence-electron chi connectivity index (χ1n) is 10.6. The predicted octanol–water partition coefficient (Wildman–Crippen LogP) is 4.59. The van der Waals surface area contributed by atoms with E-state index < -0.39 is 0 Å². The normalized spacial score (nSPS) is 19.4. The van der Waals surface area contributed by atoms with E-state index in [1.165, 1.54) is 36.6 Å². The van der Waals surface area contributed by atoms with E-state index in [1.807, 2.05) is 18.5 Å². The van der Waals surface area contributed by atoms with Gasteiger partial charge in [0, 0.05) is 43.1 Å². The van der Waals surface area contributed by atoms with E-state index in [0.717, 1.165) is 44.0 Å². The fourth-order valence-corrected chi connectivity index (χ4v) is 4.74. The van der Waals surface area contributed by atoms with Gasteiger partial charge in [0.15, 0.2) is 0 Å². The van der Waals surface area contributed by atoms with Crippen molar-refractivity contribution in [2.24, 2.45) is 0 Å². The average molecular weight is 377 g/mol. The van der Waals surface area contributed by atoms with Crippen molar-refractivity contribution in [3.05, 3.63) is 54.7 Å². The van der Waals surface area contributed by atoms with Crippen LogP contribution in [0, 0.1) is 0 Å². The first-order chi connectivity index (χ1) is 13.9. The summed E-state index contributed by atoms with van der Waals surface area (Å²) in [6, 6.07) is 11.3. The van der Waals surface area contributed by atoms with Gasteiger partial charge < -0.3 is 9.30 Å². The van der Waals surface area contributed by atoms with Gasteiger partial charge >= 0.3 is 0 Å². The lowest BCUT2D eigenvalue weighted by Crippen LogP contribution is -2.38. The molecule has 1 saturated carbocycles. The molecule has 0 bridgehead atoms. The quantitative estimate of drug-likeness (QED) is 0.653. The summed E-state index contributed by atoms with van der Waals surface area (Å²) in [4.78, 5) is 11.1. The number of piperidine rings is 1. The van der Waals surface area contributed by atoms with Crippen LogP contribution < -0.4 is 4.74 Å². The van der Waals surface area contributed by atoms with Gasteiger partial charge in [-0.25, -0.2) is 9.97 Å². The van der Waals surface area contributed by atoms with Gasteiger partial charge in [-0.3, -0.25) is 4.90 Å². The molecule has 1 aliphatic carbocycles. The lowest BCUT2D eigenvalue weighted by atomic mass is 10.1. The molecule has 0 atom stereocenters. The lowest BCUT2D eigenvalue weighted by molar-refractivity contribution is 0.0965. The van der Waals surface area contributed by atoms with Crippen LogP contribution in [0.2, 0.25) is 0 Å². The van der Waals surface area contributed by atoms with Gasteiger partial charge in [0.25, 0.3) is 0 Å². The van der Waals surface area contributed by atoms with Gasteiger partial charge in [-0.2, -0.15) is 0 Å². The highest BCUT2D eigenvalue weighted by Crippen LogP contribution is 2.36. The molecule has 0 amide bonds. The van der Waals surface area contributed by atoms with Gasteiger partial charge in [-0.1, -0.05) is 18.9 Å². The lowest BCUT2D eigenvalue weighted by Gasteiger charge is -2.31. The van der Waals surface area contributed by atoms with Gasteiger partial charge in [-0.05, 0) is 49.9 Å². The molecular formula is C23H28N4O. The Labute approximate surface area is 166 Å². The van der Waals surface area contributed by atoms with Crippen LogP contribution >= 0.6 is 0 Å². The van der Waals surface area contributed by atoms with Gasteiger partial charge in [0.1, 0.15) is 17.7 Å². The van der Waals surface area contributed by atoms with Crippen LogP contribution in [0.1, 0.15) is 50.4 Å². The molecule has 1 aliphatic heterocycles. The van der Waals surface area contributed by atoms with Gasteiger partial charge in [0.05, 0.1) is 12.1 Å². The molecule has 1 aromatic carbocycles. The van der Waals surface area contributed by atoms with E-state index >= 15 is 0 Å². The van der Waals surface area contributed by atoms with Gasteiger partial charge in [0.2, 0.25) is 0 Å². The largest absolute Gasteiger partial charge is 0.490 e. The third kappa shape index (κ3) is 3.63. The second-order valence-electron chi connectivity index (χ2n) is 8.11. The number of rotatable bonds is 5. The number of nitrogens with zero attached hydrogens (tertiary/aromatic N) is 4. The molecule has 2 aliphatic rings. The van der Waals surface area contributed by atoms with E-state index in [4.69, 9.17) is 4.74 Å². The summed E-state index contributed by atoms with van der Waals surface area (Å²) in [5.74, 6) is 1.94. The SMILES string of the molecule is c1cnc(CN2CCC(Oc3cccc4c3ccn4C3CCCC3)CC2)nc1. The Bertz CT molecular complexity index is 909. The summed E-state index contributed by atoms with van der Waals surface area (Å²) in [6.45, 7) is 2.89. The number of likely N-dealkylation sites (tertiary alicyclic amines) is 1. The molecule has 3 aromatic rings. The molecule has 2 fully saturated rings. The van der Waals surface area contributed by atoms with Crippen LogP contribution in [0.3, 0.4) is 0 Å². The smallest absolute Gasteiger partial charge is 0.142 e. The third-order valence-corrected chi connectivity index (χ3v) is 6.25. The zero-order valence-electron chi connectivity index (χ0n) is 16.3. The summed E-state index contributed by atoms with van der Waals surface area (Å²) in [5, 5.41) is 1.26. The summed E-state index contributed by atoms with van der Waals surface area (Å²) in [7, 11) is 0. The van der Waals surface area contributed by atoms with Crippen molar-refractivity contribution >= 4 is 10.9 Å². The molecule has 5 rings (SSSR count). The molecule has 5 heteroatoms. The highest BCUT2D eigenvalue weighted by Gasteiger charge is 2.23. The van der Waals surface area contributed by atoms with Crippen LogP contribution in [-0.4, -0.2) is 38.6 Å². The number of benzene rings is 1. The highest BCUT2D eigenvalue weighted by molar-refractivity contribution is 5.86. The average Bonchev–Trinajstić information content (AvgIpc) is 3.40. The summed E-state index contributed by atoms with van der Waals surface area (Å²) >= 11 is 0. The van der Waals surface area contributed by atoms with Crippen molar-refractivity contribution in [3.8, 4) is 5.75 Å². The number of aromatic nitrogens is 3. The summed E-state index contributed by atoms with van der Waals surface area (Å²) in [5.41, 5.74) is 1.32. The van der Waals surface area contributed by atoms with E-state index in [2.05, 4.69) is 49.9 Å². The van der Waals surface area contributed by atoms with Crippen molar-refractivity contribution in [2.75, 3.05) is 13.1 Å². The Morgan fingerprint density at radius 3 is 2.50 bits per heavy atom. The Hall–Kier alpha value is -2.40. The fraction of sp³-hybridized carbons (Fsp3) is 0.478. The first kappa shape index (κ1) is 17.7. The van der Waals surface area contributed by atoms with Crippen molar-refractivity contribution < 1.29 is 4.74 Å². The molecule has 0 radical (unpaired) electrons. The van der Waals surface area contributed by atoms with Crippen LogP contribution in [0.5, 0.6) is 5.75 Å². The summed E-state index contributed by atoms with van der Waals surface area (Å²) in [6.07, 6.45) is 13.6. The molecule has 2 aromatic heterocycles. The second kappa shape index (κ2) is 7.92. The molecule has 28 heavy (non-hydrogen) atoms. The number of fused-ring (bicyclic) bond motifs is 1. The monoisotopic (exact) mass is 376 g/mol. The Morgan fingerprint density at radius 1 is 0.929 bits per heavy atom. The number of hydrogen-bond acceptors (Lipinski definition) is 4. The third-order valence-electron chi connectivity index (χ3n) is 6.25. The maximum Gasteiger partial charge on any atom is 0.142 e. The number of ether oxygens (including phenoxy) is 1. The van der Waals surface area contributed by atoms with E-state index in [9.17, 15) is 0 Å². The maximum atomic E-state index is 6.47. The fourth-order valence-electron chi connectivity index (χ4n) is 4.74. The van der Waals surface area contributed by atoms with E-state index in [1.54, 1.807) is 0 Å². The van der Waals surface area contributed by atoms with E-state index in [-0.39, 0.29) is 6.10 Å².